The summed E-state index contributed by atoms with van der Waals surface area (Å²) >= 11 is 1.59. The third-order valence-corrected chi connectivity index (χ3v) is 3.69. The van der Waals surface area contributed by atoms with E-state index >= 15 is 0 Å². The van der Waals surface area contributed by atoms with Crippen LogP contribution in [0.2, 0.25) is 0 Å². The lowest BCUT2D eigenvalue weighted by atomic mass is 9.98. The van der Waals surface area contributed by atoms with Gasteiger partial charge in [-0.25, -0.2) is 0 Å². The lowest BCUT2D eigenvalue weighted by Crippen LogP contribution is -2.27. The van der Waals surface area contributed by atoms with E-state index < -0.39 is 4.92 Å². The van der Waals surface area contributed by atoms with Crippen molar-refractivity contribution >= 4 is 17.0 Å². The zero-order valence-corrected chi connectivity index (χ0v) is 11.0. The van der Waals surface area contributed by atoms with E-state index in [4.69, 9.17) is 5.73 Å². The Kier molecular flexibility index (Phi) is 3.19. The molecule has 0 saturated heterocycles. The molecule has 0 radical (unpaired) electrons. The van der Waals surface area contributed by atoms with E-state index in [2.05, 4.69) is 0 Å². The van der Waals surface area contributed by atoms with Crippen molar-refractivity contribution in [2.75, 3.05) is 0 Å². The number of hydrogen-bond donors (Lipinski definition) is 1. The molecule has 0 unspecified atom stereocenters. The van der Waals surface area contributed by atoms with Gasteiger partial charge in [0.05, 0.1) is 4.92 Å². The molecule has 0 saturated carbocycles. The number of hydrogen-bond acceptors (Lipinski definition) is 4. The lowest BCUT2D eigenvalue weighted by molar-refractivity contribution is -0.384. The Hall–Kier alpha value is -1.72. The molecule has 0 fully saturated rings. The molecule has 0 aliphatic carbocycles. The van der Waals surface area contributed by atoms with E-state index in [1.807, 2.05) is 25.3 Å². The third kappa shape index (κ3) is 2.57. The van der Waals surface area contributed by atoms with Crippen LogP contribution in [0.1, 0.15) is 19.4 Å². The van der Waals surface area contributed by atoms with Gasteiger partial charge in [0.2, 0.25) is 0 Å². The minimum Gasteiger partial charge on any atom is -0.322 e. The third-order valence-electron chi connectivity index (χ3n) is 2.71. The molecule has 4 nitrogen and oxygen atoms in total. The highest BCUT2D eigenvalue weighted by molar-refractivity contribution is 7.13. The number of nitrogens with zero attached hydrogens (tertiary/aromatic N) is 1. The van der Waals surface area contributed by atoms with Gasteiger partial charge >= 0.3 is 0 Å². The Bertz CT molecular complexity index is 567. The zero-order valence-electron chi connectivity index (χ0n) is 10.2. The molecule has 0 atom stereocenters. The normalized spacial score (nSPS) is 11.5. The number of nitrogens with two attached hydrogens (primary N) is 1. The van der Waals surface area contributed by atoms with Crippen LogP contribution in [-0.4, -0.2) is 4.92 Å². The van der Waals surface area contributed by atoms with E-state index in [1.54, 1.807) is 23.5 Å². The Morgan fingerprint density at radius 1 is 1.28 bits per heavy atom. The highest BCUT2D eigenvalue weighted by Crippen LogP contribution is 2.32. The minimum atomic E-state index is -0.396. The molecule has 5 heteroatoms. The second-order valence-corrected chi connectivity index (χ2v) is 5.64. The van der Waals surface area contributed by atoms with Crippen molar-refractivity contribution in [3.63, 3.8) is 0 Å². The Morgan fingerprint density at radius 3 is 2.33 bits per heavy atom. The second kappa shape index (κ2) is 4.51. The molecule has 1 aromatic heterocycles. The summed E-state index contributed by atoms with van der Waals surface area (Å²) < 4.78 is 0. The van der Waals surface area contributed by atoms with Crippen molar-refractivity contribution in [1.82, 2.24) is 0 Å². The van der Waals surface area contributed by atoms with E-state index in [0.29, 0.717) is 0 Å². The average Bonchev–Trinajstić information content (AvgIpc) is 2.78. The molecular formula is C13H14N2O2S. The molecular weight excluding hydrogens is 248 g/mol. The first-order valence-electron chi connectivity index (χ1n) is 5.50. The van der Waals surface area contributed by atoms with Crippen molar-refractivity contribution in [2.24, 2.45) is 5.73 Å². The number of non-ortho nitro benzene ring substituents is 1. The fraction of sp³-hybridized carbons (Fsp3) is 0.231. The summed E-state index contributed by atoms with van der Waals surface area (Å²) in [6.07, 6.45) is 0. The summed E-state index contributed by atoms with van der Waals surface area (Å²) in [5, 5.41) is 12.6. The van der Waals surface area contributed by atoms with Gasteiger partial charge in [-0.2, -0.15) is 0 Å². The predicted octanol–water partition coefficient (Wildman–Crippen LogP) is 3.52. The average molecular weight is 262 g/mol. The first kappa shape index (κ1) is 12.7. The lowest BCUT2D eigenvalue weighted by Gasteiger charge is -2.16. The summed E-state index contributed by atoms with van der Waals surface area (Å²) in [4.78, 5) is 11.2. The Balaban J connectivity index is 2.32. The number of nitro groups is 1. The van der Waals surface area contributed by atoms with Gasteiger partial charge < -0.3 is 5.73 Å². The monoisotopic (exact) mass is 262 g/mol. The Labute approximate surface area is 109 Å². The molecule has 2 N–H and O–H groups in total. The maximum absolute atomic E-state index is 10.6. The molecule has 1 heterocycles. The van der Waals surface area contributed by atoms with E-state index in [1.165, 1.54) is 12.1 Å². The molecule has 0 spiro atoms. The van der Waals surface area contributed by atoms with Gasteiger partial charge in [-0.05, 0) is 48.6 Å². The van der Waals surface area contributed by atoms with Gasteiger partial charge in [-0.15, -0.1) is 11.3 Å². The van der Waals surface area contributed by atoms with Crippen LogP contribution < -0.4 is 5.73 Å². The van der Waals surface area contributed by atoms with Crippen LogP contribution in [-0.2, 0) is 5.54 Å². The van der Waals surface area contributed by atoms with Gasteiger partial charge in [-0.1, -0.05) is 0 Å². The van der Waals surface area contributed by atoms with Crippen molar-refractivity contribution in [1.29, 1.82) is 0 Å². The summed E-state index contributed by atoms with van der Waals surface area (Å²) in [6.45, 7) is 3.91. The quantitative estimate of drug-likeness (QED) is 0.679. The zero-order chi connectivity index (χ0) is 13.3. The van der Waals surface area contributed by atoms with Crippen molar-refractivity contribution < 1.29 is 4.92 Å². The van der Waals surface area contributed by atoms with Crippen LogP contribution in [0.25, 0.3) is 10.4 Å². The second-order valence-electron chi connectivity index (χ2n) is 4.73. The van der Waals surface area contributed by atoms with Gasteiger partial charge in [0.15, 0.2) is 0 Å². The number of rotatable bonds is 3. The van der Waals surface area contributed by atoms with E-state index in [9.17, 15) is 10.1 Å². The molecule has 2 rings (SSSR count). The maximum Gasteiger partial charge on any atom is 0.269 e. The van der Waals surface area contributed by atoms with Gasteiger partial charge in [0.1, 0.15) is 0 Å². The summed E-state index contributed by atoms with van der Waals surface area (Å²) in [7, 11) is 0. The number of thiophene rings is 1. The van der Waals surface area contributed by atoms with Gasteiger partial charge in [0.25, 0.3) is 5.69 Å². The molecule has 18 heavy (non-hydrogen) atoms. The smallest absolute Gasteiger partial charge is 0.269 e. The summed E-state index contributed by atoms with van der Waals surface area (Å²) in [5.74, 6) is 0. The van der Waals surface area contributed by atoms with Crippen molar-refractivity contribution in [3.05, 3.63) is 51.4 Å². The molecule has 0 amide bonds. The van der Waals surface area contributed by atoms with E-state index in [-0.39, 0.29) is 11.2 Å². The largest absolute Gasteiger partial charge is 0.322 e. The first-order valence-corrected chi connectivity index (χ1v) is 6.38. The maximum atomic E-state index is 10.6. The highest BCUT2D eigenvalue weighted by atomic mass is 32.1. The van der Waals surface area contributed by atoms with Crippen LogP contribution >= 0.6 is 11.3 Å². The van der Waals surface area contributed by atoms with Crippen LogP contribution in [0.3, 0.4) is 0 Å². The van der Waals surface area contributed by atoms with Crippen LogP contribution in [0.15, 0.2) is 35.7 Å². The van der Waals surface area contributed by atoms with Crippen LogP contribution in [0, 0.1) is 10.1 Å². The fourth-order valence-corrected chi connectivity index (χ4v) is 2.67. The van der Waals surface area contributed by atoms with Crippen LogP contribution in [0.5, 0.6) is 0 Å². The number of nitro benzene ring substituents is 1. The summed E-state index contributed by atoms with van der Waals surface area (Å²) in [5.41, 5.74) is 7.81. The summed E-state index contributed by atoms with van der Waals surface area (Å²) in [6, 6.07) is 8.59. The Morgan fingerprint density at radius 2 is 1.89 bits per heavy atom. The molecule has 2 aromatic rings. The van der Waals surface area contributed by atoms with Crippen molar-refractivity contribution in [3.8, 4) is 10.4 Å². The molecule has 0 aliphatic heterocycles. The molecule has 1 aromatic carbocycles. The fourth-order valence-electron chi connectivity index (χ4n) is 1.57. The SMILES string of the molecule is CC(C)(N)c1csc(-c2ccc([N+](=O)[O-])cc2)c1. The molecule has 0 bridgehead atoms. The molecule has 94 valence electrons. The highest BCUT2D eigenvalue weighted by Gasteiger charge is 2.16. The standard InChI is InChI=1S/C13H14N2O2S/c1-13(2,14)10-7-12(18-8-10)9-3-5-11(6-4-9)15(16)17/h3-8H,14H2,1-2H3. The van der Waals surface area contributed by atoms with Gasteiger partial charge in [0, 0.05) is 22.5 Å². The number of benzene rings is 1. The minimum absolute atomic E-state index is 0.106. The molecule has 0 aliphatic rings. The predicted molar refractivity (Wildman–Crippen MR) is 73.6 cm³/mol. The topological polar surface area (TPSA) is 69.2 Å². The first-order chi connectivity index (χ1) is 8.38. The van der Waals surface area contributed by atoms with E-state index in [0.717, 1.165) is 16.0 Å². The van der Waals surface area contributed by atoms with Crippen LogP contribution in [0.4, 0.5) is 5.69 Å². The van der Waals surface area contributed by atoms with Gasteiger partial charge in [-0.3, -0.25) is 10.1 Å². The van der Waals surface area contributed by atoms with Crippen molar-refractivity contribution in [2.45, 2.75) is 19.4 Å².